The number of nitrogens with zero attached hydrogens (tertiary/aromatic N) is 1. The molecule has 2 rings (SSSR count). The fraction of sp³-hybridized carbons (Fsp3) is 0.867. The van der Waals surface area contributed by atoms with Gasteiger partial charge in [-0.3, -0.25) is 14.5 Å². The number of nitrogens with one attached hydrogen (secondary N) is 1. The largest absolute Gasteiger partial charge is 0.466 e. The Hall–Kier alpha value is -1.14. The Morgan fingerprint density at radius 3 is 2.90 bits per heavy atom. The monoisotopic (exact) mass is 298 g/mol. The molecule has 0 radical (unpaired) electrons. The molecule has 2 saturated heterocycles. The van der Waals surface area contributed by atoms with Crippen molar-refractivity contribution in [3.8, 4) is 0 Å². The lowest BCUT2D eigenvalue weighted by atomic mass is 9.98. The summed E-state index contributed by atoms with van der Waals surface area (Å²) in [4.78, 5) is 25.7. The van der Waals surface area contributed by atoms with E-state index in [2.05, 4.69) is 5.32 Å². The molecule has 1 N–H and O–H groups in total. The van der Waals surface area contributed by atoms with Crippen molar-refractivity contribution in [3.05, 3.63) is 0 Å². The van der Waals surface area contributed by atoms with E-state index >= 15 is 0 Å². The van der Waals surface area contributed by atoms with Crippen LogP contribution in [-0.4, -0.2) is 62.3 Å². The van der Waals surface area contributed by atoms with E-state index in [0.29, 0.717) is 26.2 Å². The van der Waals surface area contributed by atoms with Gasteiger partial charge in [-0.2, -0.15) is 0 Å². The average Bonchev–Trinajstić information content (AvgIpc) is 2.99. The second-order valence-corrected chi connectivity index (χ2v) is 5.77. The molecule has 2 atom stereocenters. The molecule has 0 aliphatic carbocycles. The van der Waals surface area contributed by atoms with Gasteiger partial charge in [0.15, 0.2) is 0 Å². The first kappa shape index (κ1) is 16.2. The van der Waals surface area contributed by atoms with Crippen LogP contribution in [0.5, 0.6) is 0 Å². The SMILES string of the molecule is CCOC(=O)[C@H]1CCCN(CC(=O)NCC2CCCO2)C1. The molecular weight excluding hydrogens is 272 g/mol. The molecule has 2 aliphatic heterocycles. The summed E-state index contributed by atoms with van der Waals surface area (Å²) < 4.78 is 10.5. The Balaban J connectivity index is 1.68. The van der Waals surface area contributed by atoms with Crippen LogP contribution in [-0.2, 0) is 19.1 Å². The Morgan fingerprint density at radius 1 is 1.33 bits per heavy atom. The van der Waals surface area contributed by atoms with E-state index in [1.807, 2.05) is 11.8 Å². The summed E-state index contributed by atoms with van der Waals surface area (Å²) in [7, 11) is 0. The van der Waals surface area contributed by atoms with Crippen LogP contribution < -0.4 is 5.32 Å². The Morgan fingerprint density at radius 2 is 2.19 bits per heavy atom. The first-order valence-electron chi connectivity index (χ1n) is 7.96. The minimum atomic E-state index is -0.137. The van der Waals surface area contributed by atoms with Crippen LogP contribution in [0.15, 0.2) is 0 Å². The van der Waals surface area contributed by atoms with Gasteiger partial charge in [-0.1, -0.05) is 0 Å². The lowest BCUT2D eigenvalue weighted by molar-refractivity contribution is -0.150. The summed E-state index contributed by atoms with van der Waals surface area (Å²) >= 11 is 0. The van der Waals surface area contributed by atoms with E-state index in [1.54, 1.807) is 0 Å². The summed E-state index contributed by atoms with van der Waals surface area (Å²) in [6, 6.07) is 0. The highest BCUT2D eigenvalue weighted by Crippen LogP contribution is 2.17. The van der Waals surface area contributed by atoms with Gasteiger partial charge in [0.1, 0.15) is 0 Å². The molecule has 0 bridgehead atoms. The molecule has 0 aromatic carbocycles. The predicted molar refractivity (Wildman–Crippen MR) is 77.8 cm³/mol. The van der Waals surface area contributed by atoms with Crippen LogP contribution in [0.3, 0.4) is 0 Å². The van der Waals surface area contributed by atoms with Crippen molar-refractivity contribution in [1.29, 1.82) is 0 Å². The van der Waals surface area contributed by atoms with Crippen LogP contribution >= 0.6 is 0 Å². The van der Waals surface area contributed by atoms with Crippen molar-refractivity contribution in [1.82, 2.24) is 10.2 Å². The van der Waals surface area contributed by atoms with Crippen molar-refractivity contribution in [2.24, 2.45) is 5.92 Å². The number of likely N-dealkylation sites (tertiary alicyclic amines) is 1. The Kier molecular flexibility index (Phi) is 6.45. The van der Waals surface area contributed by atoms with Crippen LogP contribution in [0, 0.1) is 5.92 Å². The Labute approximate surface area is 126 Å². The van der Waals surface area contributed by atoms with Crippen LogP contribution in [0.2, 0.25) is 0 Å². The number of amides is 1. The van der Waals surface area contributed by atoms with Crippen molar-refractivity contribution in [2.75, 3.05) is 39.4 Å². The van der Waals surface area contributed by atoms with Crippen LogP contribution in [0.25, 0.3) is 0 Å². The highest BCUT2D eigenvalue weighted by atomic mass is 16.5. The smallest absolute Gasteiger partial charge is 0.310 e. The standard InChI is InChI=1S/C15H26N2O4/c1-2-20-15(19)12-5-3-7-17(10-12)11-14(18)16-9-13-6-4-8-21-13/h12-13H,2-11H2,1H3,(H,16,18)/t12-,13?/m0/s1. The molecule has 0 spiro atoms. The van der Waals surface area contributed by atoms with Gasteiger partial charge < -0.3 is 14.8 Å². The normalized spacial score (nSPS) is 26.5. The zero-order valence-electron chi connectivity index (χ0n) is 12.8. The fourth-order valence-electron chi connectivity index (χ4n) is 2.94. The second-order valence-electron chi connectivity index (χ2n) is 5.77. The molecular formula is C15H26N2O4. The third-order valence-electron chi connectivity index (χ3n) is 4.04. The summed E-state index contributed by atoms with van der Waals surface area (Å²) in [5.74, 6) is -0.221. The molecule has 6 heteroatoms. The first-order valence-corrected chi connectivity index (χ1v) is 7.96. The quantitative estimate of drug-likeness (QED) is 0.726. The number of piperidine rings is 1. The van der Waals surface area contributed by atoms with E-state index in [0.717, 1.165) is 38.8 Å². The van der Waals surface area contributed by atoms with E-state index in [1.165, 1.54) is 0 Å². The van der Waals surface area contributed by atoms with Gasteiger partial charge in [-0.05, 0) is 39.2 Å². The number of carbonyl (C=O) groups excluding carboxylic acids is 2. The maximum Gasteiger partial charge on any atom is 0.310 e. The molecule has 1 amide bonds. The van der Waals surface area contributed by atoms with Crippen molar-refractivity contribution in [2.45, 2.75) is 38.7 Å². The van der Waals surface area contributed by atoms with E-state index in [9.17, 15) is 9.59 Å². The third-order valence-corrected chi connectivity index (χ3v) is 4.04. The molecule has 2 heterocycles. The minimum absolute atomic E-state index is 0.00927. The maximum atomic E-state index is 11.9. The second kappa shape index (κ2) is 8.34. The zero-order valence-corrected chi connectivity index (χ0v) is 12.8. The number of hydrogen-bond acceptors (Lipinski definition) is 5. The van der Waals surface area contributed by atoms with Gasteiger partial charge in [0.05, 0.1) is 25.2 Å². The van der Waals surface area contributed by atoms with Gasteiger partial charge >= 0.3 is 5.97 Å². The third kappa shape index (κ3) is 5.28. The lowest BCUT2D eigenvalue weighted by Crippen LogP contribution is -2.45. The number of rotatable bonds is 6. The Bertz CT molecular complexity index is 356. The molecule has 0 aromatic heterocycles. The maximum absolute atomic E-state index is 11.9. The highest BCUT2D eigenvalue weighted by molar-refractivity contribution is 5.78. The summed E-state index contributed by atoms with van der Waals surface area (Å²) in [5, 5.41) is 2.92. The molecule has 2 fully saturated rings. The summed E-state index contributed by atoms with van der Waals surface area (Å²) in [6.45, 7) is 5.45. The molecule has 0 saturated carbocycles. The van der Waals surface area contributed by atoms with Crippen LogP contribution in [0.4, 0.5) is 0 Å². The van der Waals surface area contributed by atoms with Gasteiger partial charge in [0.2, 0.25) is 5.91 Å². The number of esters is 1. The number of carbonyl (C=O) groups is 2. The van der Waals surface area contributed by atoms with E-state index in [4.69, 9.17) is 9.47 Å². The van der Waals surface area contributed by atoms with Crippen LogP contribution in [0.1, 0.15) is 32.6 Å². The fourth-order valence-corrected chi connectivity index (χ4v) is 2.94. The molecule has 21 heavy (non-hydrogen) atoms. The van der Waals surface area contributed by atoms with E-state index < -0.39 is 0 Å². The first-order chi connectivity index (χ1) is 10.2. The summed E-state index contributed by atoms with van der Waals surface area (Å²) in [6.07, 6.45) is 4.06. The van der Waals surface area contributed by atoms with Gasteiger partial charge in [0.25, 0.3) is 0 Å². The van der Waals surface area contributed by atoms with Crippen molar-refractivity contribution < 1.29 is 19.1 Å². The average molecular weight is 298 g/mol. The highest BCUT2D eigenvalue weighted by Gasteiger charge is 2.27. The number of ether oxygens (including phenoxy) is 2. The summed E-state index contributed by atoms with van der Waals surface area (Å²) in [5.41, 5.74) is 0. The molecule has 6 nitrogen and oxygen atoms in total. The van der Waals surface area contributed by atoms with Gasteiger partial charge in [-0.15, -0.1) is 0 Å². The zero-order chi connectivity index (χ0) is 15.1. The molecule has 0 aromatic rings. The minimum Gasteiger partial charge on any atom is -0.466 e. The van der Waals surface area contributed by atoms with Gasteiger partial charge in [-0.25, -0.2) is 0 Å². The van der Waals surface area contributed by atoms with Gasteiger partial charge in [0, 0.05) is 19.7 Å². The molecule has 120 valence electrons. The predicted octanol–water partition coefficient (Wildman–Crippen LogP) is 0.557. The lowest BCUT2D eigenvalue weighted by Gasteiger charge is -2.30. The molecule has 1 unspecified atom stereocenters. The molecule has 2 aliphatic rings. The van der Waals surface area contributed by atoms with Crippen molar-refractivity contribution >= 4 is 11.9 Å². The van der Waals surface area contributed by atoms with Crippen molar-refractivity contribution in [3.63, 3.8) is 0 Å². The topological polar surface area (TPSA) is 67.9 Å². The van der Waals surface area contributed by atoms with E-state index in [-0.39, 0.29) is 23.9 Å². The number of hydrogen-bond donors (Lipinski definition) is 1.